The minimum absolute atomic E-state index is 0.0439. The summed E-state index contributed by atoms with van der Waals surface area (Å²) in [5.41, 5.74) is 7.67. The highest BCUT2D eigenvalue weighted by atomic mass is 16.2. The molecule has 8 heteroatoms. The van der Waals surface area contributed by atoms with Crippen LogP contribution in [0.5, 0.6) is 0 Å². The van der Waals surface area contributed by atoms with Gasteiger partial charge in [0.2, 0.25) is 5.91 Å². The molecular formula is C22H18N4O4. The summed E-state index contributed by atoms with van der Waals surface area (Å²) in [7, 11) is 0. The van der Waals surface area contributed by atoms with Gasteiger partial charge in [0.15, 0.2) is 0 Å². The molecule has 0 unspecified atom stereocenters. The normalized spacial score (nSPS) is 15.7. The van der Waals surface area contributed by atoms with E-state index in [2.05, 4.69) is 5.32 Å². The average Bonchev–Trinajstić information content (AvgIpc) is 3.02. The number of hydrogen-bond acceptors (Lipinski definition) is 4. The Morgan fingerprint density at radius 1 is 1.10 bits per heavy atom. The third-order valence-corrected chi connectivity index (χ3v) is 4.81. The van der Waals surface area contributed by atoms with Crippen molar-refractivity contribution in [1.82, 2.24) is 9.88 Å². The van der Waals surface area contributed by atoms with E-state index in [0.29, 0.717) is 11.3 Å². The van der Waals surface area contributed by atoms with E-state index in [4.69, 9.17) is 5.73 Å². The number of aryl methyl sites for hydroxylation is 1. The van der Waals surface area contributed by atoms with Crippen LogP contribution in [0.15, 0.2) is 60.3 Å². The van der Waals surface area contributed by atoms with Crippen molar-refractivity contribution in [3.63, 3.8) is 0 Å². The number of aromatic nitrogens is 1. The van der Waals surface area contributed by atoms with Gasteiger partial charge in [-0.15, -0.1) is 0 Å². The van der Waals surface area contributed by atoms with Gasteiger partial charge in [-0.2, -0.15) is 0 Å². The van der Waals surface area contributed by atoms with Gasteiger partial charge in [-0.25, -0.2) is 9.69 Å². The molecular weight excluding hydrogens is 384 g/mol. The molecule has 150 valence electrons. The second-order valence-corrected chi connectivity index (χ2v) is 6.99. The van der Waals surface area contributed by atoms with Crippen LogP contribution in [0, 0.1) is 6.92 Å². The van der Waals surface area contributed by atoms with Gasteiger partial charge in [0.05, 0.1) is 5.69 Å². The molecule has 2 aromatic carbocycles. The fourth-order valence-electron chi connectivity index (χ4n) is 3.50. The molecule has 1 aromatic heterocycles. The van der Waals surface area contributed by atoms with E-state index in [1.54, 1.807) is 29.0 Å². The third-order valence-electron chi connectivity index (χ3n) is 4.81. The predicted molar refractivity (Wildman–Crippen MR) is 111 cm³/mol. The highest BCUT2D eigenvalue weighted by Gasteiger charge is 2.37. The van der Waals surface area contributed by atoms with Gasteiger partial charge in [0.25, 0.3) is 11.8 Å². The first-order valence-corrected chi connectivity index (χ1v) is 9.19. The molecule has 5 amide bonds. The monoisotopic (exact) mass is 402 g/mol. The maximum absolute atomic E-state index is 13.1. The van der Waals surface area contributed by atoms with Crippen molar-refractivity contribution in [3.8, 4) is 0 Å². The number of nitrogens with two attached hydrogens (primary N) is 1. The zero-order chi connectivity index (χ0) is 21.4. The standard InChI is InChI=1S/C22H18N4O4/c1-13-5-4-6-15(9-13)26-21(29)17(20(28)24-22(26)30)10-14-11-25(12-19(23)27)18-8-3-2-7-16(14)18/h2-11H,12H2,1H3,(H2,23,27)(H,24,28,30)/b17-10+. The number of benzene rings is 2. The second kappa shape index (κ2) is 7.32. The largest absolute Gasteiger partial charge is 0.368 e. The molecule has 30 heavy (non-hydrogen) atoms. The Bertz CT molecular complexity index is 1260. The van der Waals surface area contributed by atoms with E-state index in [0.717, 1.165) is 21.4 Å². The van der Waals surface area contributed by atoms with E-state index in [9.17, 15) is 19.2 Å². The van der Waals surface area contributed by atoms with E-state index in [1.165, 1.54) is 6.08 Å². The molecule has 1 aliphatic heterocycles. The summed E-state index contributed by atoms with van der Waals surface area (Å²) >= 11 is 0. The molecule has 3 N–H and O–H groups in total. The molecule has 8 nitrogen and oxygen atoms in total. The molecule has 1 saturated heterocycles. The number of urea groups is 1. The average molecular weight is 402 g/mol. The molecule has 4 rings (SSSR count). The molecule has 1 aliphatic rings. The van der Waals surface area contributed by atoms with Crippen molar-refractivity contribution in [3.05, 3.63) is 71.4 Å². The summed E-state index contributed by atoms with van der Waals surface area (Å²) < 4.78 is 1.65. The molecule has 1 fully saturated rings. The van der Waals surface area contributed by atoms with Crippen molar-refractivity contribution in [2.75, 3.05) is 4.90 Å². The van der Waals surface area contributed by atoms with Crippen LogP contribution in [0.1, 0.15) is 11.1 Å². The molecule has 0 aliphatic carbocycles. The number of nitrogens with one attached hydrogen (secondary N) is 1. The Balaban J connectivity index is 1.81. The number of barbiturate groups is 1. The Morgan fingerprint density at radius 3 is 2.60 bits per heavy atom. The van der Waals surface area contributed by atoms with Gasteiger partial charge < -0.3 is 10.3 Å². The van der Waals surface area contributed by atoms with E-state index in [-0.39, 0.29) is 12.1 Å². The first-order chi connectivity index (χ1) is 14.3. The molecule has 0 radical (unpaired) electrons. The van der Waals surface area contributed by atoms with Crippen molar-refractivity contribution >= 4 is 46.4 Å². The summed E-state index contributed by atoms with van der Waals surface area (Å²) in [4.78, 5) is 50.2. The molecule has 2 heterocycles. The van der Waals surface area contributed by atoms with Gasteiger partial charge in [-0.05, 0) is 36.8 Å². The molecule has 0 bridgehead atoms. The van der Waals surface area contributed by atoms with Crippen LogP contribution in [0.4, 0.5) is 10.5 Å². The van der Waals surface area contributed by atoms with Crippen LogP contribution in [0.2, 0.25) is 0 Å². The lowest BCUT2D eigenvalue weighted by Crippen LogP contribution is -2.54. The fraction of sp³-hybridized carbons (Fsp3) is 0.0909. The maximum Gasteiger partial charge on any atom is 0.335 e. The molecule has 0 saturated carbocycles. The van der Waals surface area contributed by atoms with Crippen LogP contribution < -0.4 is 16.0 Å². The maximum atomic E-state index is 13.1. The van der Waals surface area contributed by atoms with Crippen LogP contribution in [0.25, 0.3) is 17.0 Å². The Morgan fingerprint density at radius 2 is 1.87 bits per heavy atom. The van der Waals surface area contributed by atoms with Gasteiger partial charge in [0, 0.05) is 22.7 Å². The highest BCUT2D eigenvalue weighted by Crippen LogP contribution is 2.27. The number of primary amides is 1. The first kappa shape index (κ1) is 19.1. The van der Waals surface area contributed by atoms with Crippen LogP contribution in [-0.2, 0) is 20.9 Å². The van der Waals surface area contributed by atoms with Gasteiger partial charge in [-0.1, -0.05) is 30.3 Å². The summed E-state index contributed by atoms with van der Waals surface area (Å²) in [6.07, 6.45) is 3.07. The lowest BCUT2D eigenvalue weighted by molar-refractivity contribution is -0.122. The number of nitrogens with zero attached hydrogens (tertiary/aromatic N) is 2. The molecule has 0 spiro atoms. The van der Waals surface area contributed by atoms with Crippen LogP contribution in [0.3, 0.4) is 0 Å². The fourth-order valence-corrected chi connectivity index (χ4v) is 3.50. The van der Waals surface area contributed by atoms with Gasteiger partial charge in [0.1, 0.15) is 12.1 Å². The number of hydrogen-bond donors (Lipinski definition) is 2. The number of carbonyl (C=O) groups is 4. The topological polar surface area (TPSA) is 114 Å². The second-order valence-electron chi connectivity index (χ2n) is 6.99. The Labute approximate surface area is 171 Å². The Kier molecular flexibility index (Phi) is 4.67. The zero-order valence-corrected chi connectivity index (χ0v) is 16.1. The van der Waals surface area contributed by atoms with E-state index in [1.807, 2.05) is 37.3 Å². The number of amides is 5. The number of rotatable bonds is 4. The lowest BCUT2D eigenvalue weighted by atomic mass is 10.1. The summed E-state index contributed by atoms with van der Waals surface area (Å²) in [5, 5.41) is 2.95. The van der Waals surface area contributed by atoms with Gasteiger partial charge in [-0.3, -0.25) is 19.7 Å². The van der Waals surface area contributed by atoms with Crippen molar-refractivity contribution in [2.45, 2.75) is 13.5 Å². The quantitative estimate of drug-likeness (QED) is 0.514. The van der Waals surface area contributed by atoms with Crippen LogP contribution in [-0.4, -0.2) is 28.3 Å². The molecule has 0 atom stereocenters. The first-order valence-electron chi connectivity index (χ1n) is 9.19. The van der Waals surface area contributed by atoms with Crippen molar-refractivity contribution in [1.29, 1.82) is 0 Å². The number of para-hydroxylation sites is 1. The number of carbonyl (C=O) groups excluding carboxylic acids is 4. The summed E-state index contributed by atoms with van der Waals surface area (Å²) in [5.74, 6) is -2.01. The van der Waals surface area contributed by atoms with E-state index < -0.39 is 23.8 Å². The highest BCUT2D eigenvalue weighted by molar-refractivity contribution is 6.39. The van der Waals surface area contributed by atoms with Crippen molar-refractivity contribution in [2.24, 2.45) is 5.73 Å². The number of fused-ring (bicyclic) bond motifs is 1. The predicted octanol–water partition coefficient (Wildman–Crippen LogP) is 2.10. The Hall–Kier alpha value is -4.20. The van der Waals surface area contributed by atoms with Gasteiger partial charge >= 0.3 is 6.03 Å². The molecule has 3 aromatic rings. The third kappa shape index (κ3) is 3.35. The number of anilines is 1. The summed E-state index contributed by atoms with van der Waals surface area (Å²) in [6, 6.07) is 13.3. The SMILES string of the molecule is Cc1cccc(N2C(=O)NC(=O)/C(=C\c3cn(CC(N)=O)c4ccccc34)C2=O)c1. The smallest absolute Gasteiger partial charge is 0.335 e. The minimum atomic E-state index is -0.802. The lowest BCUT2D eigenvalue weighted by Gasteiger charge is -2.26. The summed E-state index contributed by atoms with van der Waals surface area (Å²) in [6.45, 7) is 1.79. The minimum Gasteiger partial charge on any atom is -0.368 e. The van der Waals surface area contributed by atoms with E-state index >= 15 is 0 Å². The number of imide groups is 2. The van der Waals surface area contributed by atoms with Crippen molar-refractivity contribution < 1.29 is 19.2 Å². The van der Waals surface area contributed by atoms with Crippen LogP contribution >= 0.6 is 0 Å². The zero-order valence-electron chi connectivity index (χ0n) is 16.1.